The zero-order valence-electron chi connectivity index (χ0n) is 14.6. The zero-order chi connectivity index (χ0) is 17.8. The molecule has 0 amide bonds. The van der Waals surface area contributed by atoms with Crippen molar-refractivity contribution in [1.29, 1.82) is 0 Å². The number of benzene rings is 1. The number of hydrazine groups is 1. The van der Waals surface area contributed by atoms with Gasteiger partial charge in [0.25, 0.3) is 6.47 Å². The molecular formula is C16H29ClN2O3. The summed E-state index contributed by atoms with van der Waals surface area (Å²) in [5, 5.41) is 10.3. The first-order chi connectivity index (χ1) is 10.2. The van der Waals surface area contributed by atoms with Crippen molar-refractivity contribution in [2.24, 2.45) is 0 Å². The molecule has 0 saturated carbocycles. The maximum absolute atomic E-state index is 9.62. The van der Waals surface area contributed by atoms with Crippen LogP contribution in [0.5, 0.6) is 5.75 Å². The average molecular weight is 333 g/mol. The van der Waals surface area contributed by atoms with Crippen LogP contribution < -0.4 is 10.9 Å². The van der Waals surface area contributed by atoms with Crippen LogP contribution in [0.1, 0.15) is 45.7 Å². The molecule has 0 radical (unpaired) electrons. The number of phenolic OH excluding ortho intramolecular Hbond substituents is 1. The van der Waals surface area contributed by atoms with Crippen molar-refractivity contribution in [1.82, 2.24) is 10.9 Å². The number of carbonyl (C=O) groups excluding carboxylic acids is 1. The van der Waals surface area contributed by atoms with Gasteiger partial charge in [-0.05, 0) is 52.4 Å². The fourth-order valence-electron chi connectivity index (χ4n) is 1.27. The number of hydrogen-bond donors (Lipinski definition) is 3. The number of carbonyl (C=O) groups is 1. The van der Waals surface area contributed by atoms with E-state index in [0.29, 0.717) is 23.8 Å². The molecule has 0 saturated heterocycles. The minimum Gasteiger partial charge on any atom is -0.507 e. The van der Waals surface area contributed by atoms with E-state index in [0.717, 1.165) is 11.1 Å². The molecule has 6 heteroatoms. The fraction of sp³-hybridized carbons (Fsp3) is 0.562. The number of phenols is 1. The largest absolute Gasteiger partial charge is 0.507 e. The number of ether oxygens (including phenoxy) is 1. The Balaban J connectivity index is 0. The van der Waals surface area contributed by atoms with E-state index in [9.17, 15) is 9.90 Å². The summed E-state index contributed by atoms with van der Waals surface area (Å²) in [7, 11) is 1.77. The Hall–Kier alpha value is -1.30. The van der Waals surface area contributed by atoms with E-state index in [1.165, 1.54) is 0 Å². The molecule has 0 aromatic heterocycles. The molecule has 0 heterocycles. The number of aryl methyl sites for hydroxylation is 1. The van der Waals surface area contributed by atoms with Crippen LogP contribution in [0, 0.1) is 6.92 Å². The highest BCUT2D eigenvalue weighted by molar-refractivity contribution is 6.30. The number of nitrogens with one attached hydrogen (secondary N) is 2. The van der Waals surface area contributed by atoms with Crippen LogP contribution in [0.2, 0.25) is 5.02 Å². The van der Waals surface area contributed by atoms with Gasteiger partial charge in [0.05, 0.1) is 0 Å². The summed E-state index contributed by atoms with van der Waals surface area (Å²) < 4.78 is 4.55. The van der Waals surface area contributed by atoms with Crippen molar-refractivity contribution in [3.63, 3.8) is 0 Å². The molecule has 0 unspecified atom stereocenters. The number of halogens is 1. The summed E-state index contributed by atoms with van der Waals surface area (Å²) in [6.07, 6.45) is 0. The number of hydrogen-bond acceptors (Lipinski definition) is 5. The lowest BCUT2D eigenvalue weighted by molar-refractivity contribution is -0.138. The Morgan fingerprint density at radius 3 is 2.23 bits per heavy atom. The van der Waals surface area contributed by atoms with Crippen molar-refractivity contribution < 1.29 is 14.6 Å². The summed E-state index contributed by atoms with van der Waals surface area (Å²) in [6.45, 7) is 12.3. The molecule has 0 fully saturated rings. The molecule has 0 aliphatic heterocycles. The van der Waals surface area contributed by atoms with Gasteiger partial charge < -0.3 is 9.84 Å². The van der Waals surface area contributed by atoms with Crippen molar-refractivity contribution >= 4 is 18.1 Å². The van der Waals surface area contributed by atoms with Crippen LogP contribution in [-0.4, -0.2) is 24.2 Å². The highest BCUT2D eigenvalue weighted by atomic mass is 35.5. The van der Waals surface area contributed by atoms with E-state index in [-0.39, 0.29) is 5.60 Å². The summed E-state index contributed by atoms with van der Waals surface area (Å²) in [5.41, 5.74) is 6.93. The molecular weight excluding hydrogens is 304 g/mol. The predicted octanol–water partition coefficient (Wildman–Crippen LogP) is 3.56. The molecule has 3 N–H and O–H groups in total. The average Bonchev–Trinajstić information content (AvgIpc) is 2.43. The maximum atomic E-state index is 9.62. The highest BCUT2D eigenvalue weighted by Crippen LogP contribution is 2.25. The topological polar surface area (TPSA) is 70.6 Å². The molecule has 22 heavy (non-hydrogen) atoms. The molecule has 0 spiro atoms. The summed E-state index contributed by atoms with van der Waals surface area (Å²) in [5.74, 6) is 0.298. The molecule has 0 bridgehead atoms. The fourth-order valence-corrected chi connectivity index (χ4v) is 1.56. The molecule has 5 nitrogen and oxygen atoms in total. The van der Waals surface area contributed by atoms with Crippen LogP contribution in [0.25, 0.3) is 0 Å². The van der Waals surface area contributed by atoms with Crippen molar-refractivity contribution in [3.8, 4) is 5.75 Å². The smallest absolute Gasteiger partial charge is 0.293 e. The molecule has 0 aliphatic carbocycles. The van der Waals surface area contributed by atoms with Gasteiger partial charge in [-0.1, -0.05) is 25.4 Å². The zero-order valence-corrected chi connectivity index (χ0v) is 15.3. The molecule has 128 valence electrons. The Morgan fingerprint density at radius 2 is 1.86 bits per heavy atom. The Morgan fingerprint density at radius 1 is 1.32 bits per heavy atom. The van der Waals surface area contributed by atoms with Gasteiger partial charge in [0.15, 0.2) is 0 Å². The second-order valence-corrected chi connectivity index (χ2v) is 5.60. The van der Waals surface area contributed by atoms with Crippen LogP contribution >= 0.6 is 11.6 Å². The highest BCUT2D eigenvalue weighted by Gasteiger charge is 2.07. The first kappa shape index (κ1) is 23.0. The Bertz CT molecular complexity index is 432. The Labute approximate surface area is 139 Å². The molecule has 1 aromatic rings. The normalized spacial score (nSPS) is 9.82. The van der Waals surface area contributed by atoms with Crippen LogP contribution in [0.4, 0.5) is 0 Å². The van der Waals surface area contributed by atoms with E-state index in [1.54, 1.807) is 19.2 Å². The molecule has 0 aliphatic rings. The standard InChI is InChI=1S/C9H13ClN2O.C5H10O2.C2H6/c1-6-3-8(10)4-7(9(6)13)5-12-11-2;1-5(2,3)7-4-6;1-2/h3-4,11-13H,5H2,1-2H3;4H,1-3H3;1-2H3. The first-order valence-corrected chi connectivity index (χ1v) is 7.58. The van der Waals surface area contributed by atoms with Gasteiger partial charge in [0.1, 0.15) is 11.4 Å². The number of aromatic hydroxyl groups is 1. The SMILES string of the molecule is CC.CC(C)(C)OC=O.CNNCc1cc(Cl)cc(C)c1O. The second kappa shape index (κ2) is 12.3. The van der Waals surface area contributed by atoms with Gasteiger partial charge in [0.2, 0.25) is 0 Å². The van der Waals surface area contributed by atoms with Crippen molar-refractivity contribution in [2.45, 2.75) is 53.7 Å². The minimum absolute atomic E-state index is 0.298. The van der Waals surface area contributed by atoms with Crippen molar-refractivity contribution in [2.75, 3.05) is 7.05 Å². The molecule has 1 aromatic carbocycles. The maximum Gasteiger partial charge on any atom is 0.293 e. The van der Waals surface area contributed by atoms with Gasteiger partial charge in [-0.15, -0.1) is 0 Å². The third kappa shape index (κ3) is 11.4. The van der Waals surface area contributed by atoms with Crippen LogP contribution in [0.15, 0.2) is 12.1 Å². The summed E-state index contributed by atoms with van der Waals surface area (Å²) in [4.78, 5) is 9.60. The molecule has 1 rings (SSSR count). The summed E-state index contributed by atoms with van der Waals surface area (Å²) >= 11 is 5.84. The van der Waals surface area contributed by atoms with E-state index >= 15 is 0 Å². The molecule has 0 atom stereocenters. The monoisotopic (exact) mass is 332 g/mol. The van der Waals surface area contributed by atoms with Crippen LogP contribution in [0.3, 0.4) is 0 Å². The summed E-state index contributed by atoms with van der Waals surface area (Å²) in [6, 6.07) is 3.48. The first-order valence-electron chi connectivity index (χ1n) is 7.20. The lowest BCUT2D eigenvalue weighted by Crippen LogP contribution is -2.26. The van der Waals surface area contributed by atoms with E-state index in [2.05, 4.69) is 15.6 Å². The van der Waals surface area contributed by atoms with Gasteiger partial charge in [0, 0.05) is 17.1 Å². The van der Waals surface area contributed by atoms with Gasteiger partial charge in [-0.3, -0.25) is 15.6 Å². The van der Waals surface area contributed by atoms with E-state index in [4.69, 9.17) is 11.6 Å². The second-order valence-electron chi connectivity index (χ2n) is 5.16. The predicted molar refractivity (Wildman–Crippen MR) is 92.0 cm³/mol. The van der Waals surface area contributed by atoms with E-state index < -0.39 is 0 Å². The quantitative estimate of drug-likeness (QED) is 0.581. The van der Waals surface area contributed by atoms with E-state index in [1.807, 2.05) is 41.5 Å². The third-order valence-corrected chi connectivity index (χ3v) is 2.42. The number of rotatable bonds is 4. The van der Waals surface area contributed by atoms with Gasteiger partial charge >= 0.3 is 0 Å². The third-order valence-electron chi connectivity index (χ3n) is 2.20. The Kier molecular flexibility index (Phi) is 12.8. The van der Waals surface area contributed by atoms with Gasteiger partial charge in [-0.25, -0.2) is 0 Å². The van der Waals surface area contributed by atoms with Crippen molar-refractivity contribution in [3.05, 3.63) is 28.3 Å². The lowest BCUT2D eigenvalue weighted by atomic mass is 10.1. The van der Waals surface area contributed by atoms with Gasteiger partial charge in [-0.2, -0.15) is 0 Å². The minimum atomic E-state index is -0.318. The lowest BCUT2D eigenvalue weighted by Gasteiger charge is -2.14. The van der Waals surface area contributed by atoms with Crippen LogP contribution in [-0.2, 0) is 16.1 Å².